The van der Waals surface area contributed by atoms with Crippen molar-refractivity contribution < 1.29 is 9.90 Å². The second-order valence-corrected chi connectivity index (χ2v) is 3.19. The van der Waals surface area contributed by atoms with Gasteiger partial charge in [-0.2, -0.15) is 0 Å². The lowest BCUT2D eigenvalue weighted by Crippen LogP contribution is -2.05. The third-order valence-corrected chi connectivity index (χ3v) is 2.05. The molecule has 2 N–H and O–H groups in total. The Morgan fingerprint density at radius 3 is 2.87 bits per heavy atom. The summed E-state index contributed by atoms with van der Waals surface area (Å²) in [5, 5.41) is 11.9. The Morgan fingerprint density at radius 2 is 2.20 bits per heavy atom. The molecule has 0 aliphatic heterocycles. The summed E-state index contributed by atoms with van der Waals surface area (Å²) in [5.41, 5.74) is 1.10. The fourth-order valence-corrected chi connectivity index (χ4v) is 1.28. The predicted octanol–water partition coefficient (Wildman–Crippen LogP) is 2.01. The van der Waals surface area contributed by atoms with Crippen LogP contribution in [0.1, 0.15) is 22.3 Å². The summed E-state index contributed by atoms with van der Waals surface area (Å²) < 4.78 is 0. The van der Waals surface area contributed by atoms with Crippen molar-refractivity contribution in [3.63, 3.8) is 0 Å². The lowest BCUT2D eigenvalue weighted by atomic mass is 10.1. The smallest absolute Gasteiger partial charge is 0.336 e. The van der Waals surface area contributed by atoms with E-state index in [1.54, 1.807) is 18.2 Å². The molecule has 0 radical (unpaired) electrons. The van der Waals surface area contributed by atoms with Gasteiger partial charge >= 0.3 is 5.97 Å². The van der Waals surface area contributed by atoms with Gasteiger partial charge in [-0.15, -0.1) is 0 Å². The molecule has 0 aromatic heterocycles. The molecule has 1 aromatic rings. The molecule has 15 heavy (non-hydrogen) atoms. The van der Waals surface area contributed by atoms with Crippen molar-refractivity contribution in [2.75, 3.05) is 13.6 Å². The summed E-state index contributed by atoms with van der Waals surface area (Å²) in [7, 11) is 1.89. The average molecular weight is 205 g/mol. The quantitative estimate of drug-likeness (QED) is 0.723. The van der Waals surface area contributed by atoms with Crippen LogP contribution in [0.2, 0.25) is 0 Å². The minimum atomic E-state index is -0.885. The van der Waals surface area contributed by atoms with Crippen LogP contribution in [0.5, 0.6) is 0 Å². The Kier molecular flexibility index (Phi) is 4.57. The van der Waals surface area contributed by atoms with Gasteiger partial charge in [-0.05, 0) is 31.6 Å². The van der Waals surface area contributed by atoms with Gasteiger partial charge in [0.1, 0.15) is 0 Å². The van der Waals surface area contributed by atoms with E-state index in [2.05, 4.69) is 5.32 Å². The van der Waals surface area contributed by atoms with Crippen LogP contribution in [0.15, 0.2) is 30.3 Å². The van der Waals surface area contributed by atoms with Crippen LogP contribution >= 0.6 is 0 Å². The van der Waals surface area contributed by atoms with Gasteiger partial charge in [0.05, 0.1) is 5.56 Å². The molecule has 0 amide bonds. The van der Waals surface area contributed by atoms with Crippen LogP contribution < -0.4 is 5.32 Å². The van der Waals surface area contributed by atoms with E-state index in [0.717, 1.165) is 18.5 Å². The fraction of sp³-hybridized carbons (Fsp3) is 0.250. The van der Waals surface area contributed by atoms with Gasteiger partial charge in [-0.25, -0.2) is 4.79 Å². The fourth-order valence-electron chi connectivity index (χ4n) is 1.28. The zero-order valence-corrected chi connectivity index (χ0v) is 8.73. The first-order chi connectivity index (χ1) is 7.25. The van der Waals surface area contributed by atoms with Crippen molar-refractivity contribution >= 4 is 12.0 Å². The van der Waals surface area contributed by atoms with Gasteiger partial charge in [0, 0.05) is 0 Å². The average Bonchev–Trinajstić information content (AvgIpc) is 2.25. The summed E-state index contributed by atoms with van der Waals surface area (Å²) in [4.78, 5) is 10.9. The number of aromatic carboxylic acids is 1. The lowest BCUT2D eigenvalue weighted by Gasteiger charge is -1.99. The summed E-state index contributed by atoms with van der Waals surface area (Å²) in [6, 6.07) is 6.98. The SMILES string of the molecule is CNCCC=Cc1ccccc1C(=O)O. The van der Waals surface area contributed by atoms with Crippen LogP contribution in [-0.2, 0) is 0 Å². The largest absolute Gasteiger partial charge is 0.478 e. The highest BCUT2D eigenvalue weighted by Crippen LogP contribution is 2.10. The normalized spacial score (nSPS) is 10.7. The van der Waals surface area contributed by atoms with E-state index in [-0.39, 0.29) is 0 Å². The molecule has 0 atom stereocenters. The molecular formula is C12H15NO2. The highest BCUT2D eigenvalue weighted by atomic mass is 16.4. The van der Waals surface area contributed by atoms with Gasteiger partial charge in [0.25, 0.3) is 0 Å². The summed E-state index contributed by atoms with van der Waals surface area (Å²) >= 11 is 0. The number of hydrogen-bond acceptors (Lipinski definition) is 2. The molecule has 0 heterocycles. The molecule has 3 heteroatoms. The molecule has 0 aliphatic rings. The number of rotatable bonds is 5. The van der Waals surface area contributed by atoms with Gasteiger partial charge in [-0.3, -0.25) is 0 Å². The Balaban J connectivity index is 2.75. The standard InChI is InChI=1S/C12H15NO2/c1-13-9-5-4-7-10-6-2-3-8-11(10)12(14)15/h2-4,6-8,13H,5,9H2,1H3,(H,14,15). The van der Waals surface area contributed by atoms with Gasteiger partial charge in [-0.1, -0.05) is 30.4 Å². The van der Waals surface area contributed by atoms with Crippen molar-refractivity contribution in [2.45, 2.75) is 6.42 Å². The van der Waals surface area contributed by atoms with E-state index < -0.39 is 5.97 Å². The highest BCUT2D eigenvalue weighted by molar-refractivity contribution is 5.92. The van der Waals surface area contributed by atoms with Crippen LogP contribution in [0.4, 0.5) is 0 Å². The first kappa shape index (κ1) is 11.5. The van der Waals surface area contributed by atoms with E-state index in [4.69, 9.17) is 5.11 Å². The third kappa shape index (κ3) is 3.56. The molecular weight excluding hydrogens is 190 g/mol. The summed E-state index contributed by atoms with van der Waals surface area (Å²) in [5.74, 6) is -0.885. The number of carboxylic acids is 1. The maximum atomic E-state index is 10.9. The summed E-state index contributed by atoms with van der Waals surface area (Å²) in [6.45, 7) is 0.895. The maximum absolute atomic E-state index is 10.9. The van der Waals surface area contributed by atoms with Crippen molar-refractivity contribution in [2.24, 2.45) is 0 Å². The zero-order chi connectivity index (χ0) is 11.1. The Labute approximate surface area is 89.4 Å². The number of hydrogen-bond donors (Lipinski definition) is 2. The van der Waals surface area contributed by atoms with Crippen LogP contribution in [0.25, 0.3) is 6.08 Å². The Bertz CT molecular complexity index is 358. The van der Waals surface area contributed by atoms with E-state index >= 15 is 0 Å². The lowest BCUT2D eigenvalue weighted by molar-refractivity contribution is 0.0696. The van der Waals surface area contributed by atoms with Crippen molar-refractivity contribution in [1.82, 2.24) is 5.32 Å². The van der Waals surface area contributed by atoms with E-state index in [0.29, 0.717) is 5.56 Å². The highest BCUT2D eigenvalue weighted by Gasteiger charge is 2.05. The predicted molar refractivity (Wildman–Crippen MR) is 61.0 cm³/mol. The minimum absolute atomic E-state index is 0.346. The van der Waals surface area contributed by atoms with Crippen LogP contribution in [0.3, 0.4) is 0 Å². The topological polar surface area (TPSA) is 49.3 Å². The molecule has 1 aromatic carbocycles. The van der Waals surface area contributed by atoms with Crippen LogP contribution in [0, 0.1) is 0 Å². The number of nitrogens with one attached hydrogen (secondary N) is 1. The van der Waals surface area contributed by atoms with Gasteiger partial charge in [0.15, 0.2) is 0 Å². The molecule has 0 saturated heterocycles. The third-order valence-electron chi connectivity index (χ3n) is 2.05. The summed E-state index contributed by atoms with van der Waals surface area (Å²) in [6.07, 6.45) is 4.71. The second kappa shape index (κ2) is 5.98. The number of carboxylic acid groups (broad SMARTS) is 1. The number of carbonyl (C=O) groups is 1. The molecule has 3 nitrogen and oxygen atoms in total. The molecule has 1 rings (SSSR count). The molecule has 0 saturated carbocycles. The van der Waals surface area contributed by atoms with E-state index in [1.807, 2.05) is 25.3 Å². The molecule has 0 fully saturated rings. The minimum Gasteiger partial charge on any atom is -0.478 e. The molecule has 0 spiro atoms. The first-order valence-corrected chi connectivity index (χ1v) is 4.89. The Morgan fingerprint density at radius 1 is 1.47 bits per heavy atom. The molecule has 0 aliphatic carbocycles. The van der Waals surface area contributed by atoms with Gasteiger partial charge < -0.3 is 10.4 Å². The number of benzene rings is 1. The van der Waals surface area contributed by atoms with Crippen LogP contribution in [-0.4, -0.2) is 24.7 Å². The van der Waals surface area contributed by atoms with Crippen molar-refractivity contribution in [1.29, 1.82) is 0 Å². The molecule has 0 bridgehead atoms. The molecule has 0 unspecified atom stereocenters. The van der Waals surface area contributed by atoms with E-state index in [1.165, 1.54) is 0 Å². The Hall–Kier alpha value is -1.61. The van der Waals surface area contributed by atoms with Crippen molar-refractivity contribution in [3.8, 4) is 0 Å². The zero-order valence-electron chi connectivity index (χ0n) is 8.73. The van der Waals surface area contributed by atoms with Gasteiger partial charge in [0.2, 0.25) is 0 Å². The second-order valence-electron chi connectivity index (χ2n) is 3.19. The van der Waals surface area contributed by atoms with E-state index in [9.17, 15) is 4.79 Å². The first-order valence-electron chi connectivity index (χ1n) is 4.89. The van der Waals surface area contributed by atoms with Crippen molar-refractivity contribution in [3.05, 3.63) is 41.5 Å². The monoisotopic (exact) mass is 205 g/mol. The molecule has 80 valence electrons. The maximum Gasteiger partial charge on any atom is 0.336 e.